The molecular formula is C10H9FN2O. The van der Waals surface area contributed by atoms with Crippen LogP contribution in [0.15, 0.2) is 23.0 Å². The predicted octanol–water partition coefficient (Wildman–Crippen LogP) is 1.62. The van der Waals surface area contributed by atoms with Gasteiger partial charge in [-0.15, -0.1) is 0 Å². The van der Waals surface area contributed by atoms with Crippen LogP contribution >= 0.6 is 0 Å². The average molecular weight is 192 g/mol. The summed E-state index contributed by atoms with van der Waals surface area (Å²) in [5.41, 5.74) is 0.192. The topological polar surface area (TPSA) is 45.8 Å². The highest BCUT2D eigenvalue weighted by atomic mass is 19.1. The lowest BCUT2D eigenvalue weighted by atomic mass is 10.2. The molecule has 0 amide bonds. The Balaban J connectivity index is 2.84. The quantitative estimate of drug-likeness (QED) is 0.746. The number of aromatic nitrogens is 2. The van der Waals surface area contributed by atoms with Crippen molar-refractivity contribution in [3.63, 3.8) is 0 Å². The van der Waals surface area contributed by atoms with E-state index < -0.39 is 0 Å². The van der Waals surface area contributed by atoms with E-state index in [2.05, 4.69) is 9.97 Å². The van der Waals surface area contributed by atoms with Gasteiger partial charge in [-0.3, -0.25) is 4.79 Å². The average Bonchev–Trinajstić information content (AvgIpc) is 2.16. The molecule has 0 aliphatic rings. The first-order valence-corrected chi connectivity index (χ1v) is 4.39. The second-order valence-electron chi connectivity index (χ2n) is 3.03. The smallest absolute Gasteiger partial charge is 0.258 e. The third-order valence-electron chi connectivity index (χ3n) is 2.05. The standard InChI is InChI=1S/C10H9FN2O/c1-2-9-12-8-5-6(11)3-4-7(8)10(14)13-9/h3-5H,2H2,1H3,(H,12,13,14). The fraction of sp³-hybridized carbons (Fsp3) is 0.200. The number of aromatic amines is 1. The zero-order chi connectivity index (χ0) is 10.1. The summed E-state index contributed by atoms with van der Waals surface area (Å²) >= 11 is 0. The minimum absolute atomic E-state index is 0.216. The minimum atomic E-state index is -0.377. The van der Waals surface area contributed by atoms with E-state index in [4.69, 9.17) is 0 Å². The molecule has 14 heavy (non-hydrogen) atoms. The molecular weight excluding hydrogens is 183 g/mol. The summed E-state index contributed by atoms with van der Waals surface area (Å²) in [6, 6.07) is 3.96. The number of fused-ring (bicyclic) bond motifs is 1. The maximum Gasteiger partial charge on any atom is 0.258 e. The van der Waals surface area contributed by atoms with Crippen LogP contribution in [-0.4, -0.2) is 9.97 Å². The molecule has 2 aromatic rings. The summed E-state index contributed by atoms with van der Waals surface area (Å²) in [5, 5.41) is 0.420. The van der Waals surface area contributed by atoms with E-state index in [-0.39, 0.29) is 11.4 Å². The minimum Gasteiger partial charge on any atom is -0.310 e. The summed E-state index contributed by atoms with van der Waals surface area (Å²) in [5.74, 6) is 0.200. The van der Waals surface area contributed by atoms with Crippen molar-refractivity contribution in [3.8, 4) is 0 Å². The van der Waals surface area contributed by atoms with Gasteiger partial charge in [0.15, 0.2) is 0 Å². The molecule has 0 atom stereocenters. The Labute approximate surface area is 79.6 Å². The molecule has 72 valence electrons. The van der Waals surface area contributed by atoms with Gasteiger partial charge >= 0.3 is 0 Å². The van der Waals surface area contributed by atoms with E-state index >= 15 is 0 Å². The zero-order valence-corrected chi connectivity index (χ0v) is 7.67. The van der Waals surface area contributed by atoms with Crippen LogP contribution in [0.2, 0.25) is 0 Å². The molecule has 0 unspecified atom stereocenters. The Bertz CT molecular complexity index is 533. The van der Waals surface area contributed by atoms with Crippen LogP contribution in [0, 0.1) is 5.82 Å². The number of aryl methyl sites for hydroxylation is 1. The summed E-state index contributed by atoms with van der Waals surface area (Å²) < 4.78 is 12.9. The molecule has 3 nitrogen and oxygen atoms in total. The lowest BCUT2D eigenvalue weighted by Crippen LogP contribution is -2.11. The van der Waals surface area contributed by atoms with Gasteiger partial charge in [-0.05, 0) is 12.1 Å². The fourth-order valence-corrected chi connectivity index (χ4v) is 1.33. The predicted molar refractivity (Wildman–Crippen MR) is 51.7 cm³/mol. The van der Waals surface area contributed by atoms with E-state index in [1.54, 1.807) is 0 Å². The van der Waals surface area contributed by atoms with E-state index in [1.807, 2.05) is 6.92 Å². The molecule has 0 radical (unpaired) electrons. The monoisotopic (exact) mass is 192 g/mol. The van der Waals surface area contributed by atoms with Gasteiger partial charge in [-0.2, -0.15) is 0 Å². The number of halogens is 1. The number of rotatable bonds is 1. The van der Waals surface area contributed by atoms with E-state index in [0.717, 1.165) is 0 Å². The van der Waals surface area contributed by atoms with Gasteiger partial charge in [0.05, 0.1) is 10.9 Å². The molecule has 0 aliphatic heterocycles. The maximum atomic E-state index is 12.9. The molecule has 1 heterocycles. The highest BCUT2D eigenvalue weighted by molar-refractivity contribution is 5.77. The van der Waals surface area contributed by atoms with Crippen LogP contribution in [-0.2, 0) is 6.42 Å². The summed E-state index contributed by atoms with van der Waals surface area (Å²) in [6.45, 7) is 1.88. The van der Waals surface area contributed by atoms with Crippen molar-refractivity contribution in [2.75, 3.05) is 0 Å². The molecule has 1 aromatic carbocycles. The summed E-state index contributed by atoms with van der Waals surface area (Å²) in [4.78, 5) is 18.2. The van der Waals surface area contributed by atoms with Crippen molar-refractivity contribution in [3.05, 3.63) is 40.2 Å². The first-order valence-electron chi connectivity index (χ1n) is 4.39. The van der Waals surface area contributed by atoms with Crippen molar-refractivity contribution in [1.82, 2.24) is 9.97 Å². The zero-order valence-electron chi connectivity index (χ0n) is 7.67. The summed E-state index contributed by atoms with van der Waals surface area (Å²) in [6.07, 6.45) is 0.627. The van der Waals surface area contributed by atoms with Crippen LogP contribution in [0.1, 0.15) is 12.7 Å². The molecule has 0 aliphatic carbocycles. The van der Waals surface area contributed by atoms with Crippen molar-refractivity contribution in [2.24, 2.45) is 0 Å². The Kier molecular flexibility index (Phi) is 2.04. The molecule has 1 aromatic heterocycles. The van der Waals surface area contributed by atoms with Gasteiger partial charge in [-0.25, -0.2) is 9.37 Å². The van der Waals surface area contributed by atoms with E-state index in [1.165, 1.54) is 18.2 Å². The Morgan fingerprint density at radius 1 is 1.50 bits per heavy atom. The van der Waals surface area contributed by atoms with Gasteiger partial charge in [-0.1, -0.05) is 6.92 Å². The van der Waals surface area contributed by atoms with E-state index in [9.17, 15) is 9.18 Å². The number of nitrogens with one attached hydrogen (secondary N) is 1. The molecule has 0 fully saturated rings. The number of hydrogen-bond donors (Lipinski definition) is 1. The van der Waals surface area contributed by atoms with Crippen molar-refractivity contribution < 1.29 is 4.39 Å². The van der Waals surface area contributed by atoms with Crippen molar-refractivity contribution in [1.29, 1.82) is 0 Å². The Morgan fingerprint density at radius 3 is 3.00 bits per heavy atom. The highest BCUT2D eigenvalue weighted by Gasteiger charge is 2.03. The second-order valence-corrected chi connectivity index (χ2v) is 3.03. The highest BCUT2D eigenvalue weighted by Crippen LogP contribution is 2.08. The third-order valence-corrected chi connectivity index (χ3v) is 2.05. The molecule has 0 saturated carbocycles. The van der Waals surface area contributed by atoms with Gasteiger partial charge in [0.1, 0.15) is 11.6 Å². The third kappa shape index (κ3) is 1.39. The van der Waals surface area contributed by atoms with Gasteiger partial charge in [0.2, 0.25) is 0 Å². The molecule has 4 heteroatoms. The molecule has 0 saturated heterocycles. The molecule has 0 bridgehead atoms. The number of nitrogens with zero attached hydrogens (tertiary/aromatic N) is 1. The van der Waals surface area contributed by atoms with Gasteiger partial charge in [0, 0.05) is 12.5 Å². The van der Waals surface area contributed by atoms with Crippen molar-refractivity contribution >= 4 is 10.9 Å². The number of benzene rings is 1. The first-order chi connectivity index (χ1) is 6.70. The molecule has 0 spiro atoms. The van der Waals surface area contributed by atoms with Crippen LogP contribution in [0.3, 0.4) is 0 Å². The van der Waals surface area contributed by atoms with Gasteiger partial charge < -0.3 is 4.98 Å². The lowest BCUT2D eigenvalue weighted by Gasteiger charge is -1.99. The van der Waals surface area contributed by atoms with Gasteiger partial charge in [0.25, 0.3) is 5.56 Å². The molecule has 1 N–H and O–H groups in total. The normalized spacial score (nSPS) is 10.7. The van der Waals surface area contributed by atoms with Crippen LogP contribution in [0.4, 0.5) is 4.39 Å². The van der Waals surface area contributed by atoms with Crippen LogP contribution in [0.25, 0.3) is 10.9 Å². The first kappa shape index (κ1) is 8.87. The second kappa shape index (κ2) is 3.21. The summed E-state index contributed by atoms with van der Waals surface area (Å²) in [7, 11) is 0. The lowest BCUT2D eigenvalue weighted by molar-refractivity contribution is 0.629. The van der Waals surface area contributed by atoms with Crippen LogP contribution in [0.5, 0.6) is 0 Å². The Hall–Kier alpha value is -1.71. The Morgan fingerprint density at radius 2 is 2.29 bits per heavy atom. The maximum absolute atomic E-state index is 12.9. The SMILES string of the molecule is CCc1nc2cc(F)ccc2c(=O)[nH]1. The fourth-order valence-electron chi connectivity index (χ4n) is 1.33. The number of hydrogen-bond acceptors (Lipinski definition) is 2. The molecule has 2 rings (SSSR count). The van der Waals surface area contributed by atoms with Crippen LogP contribution < -0.4 is 5.56 Å². The van der Waals surface area contributed by atoms with Crippen molar-refractivity contribution in [2.45, 2.75) is 13.3 Å². The largest absolute Gasteiger partial charge is 0.310 e. The van der Waals surface area contributed by atoms with E-state index in [0.29, 0.717) is 23.1 Å². The number of H-pyrrole nitrogens is 1.